The molecule has 752 valence electrons. The fraction of sp³-hybridized carbons (Fsp3) is 0.462. The van der Waals surface area contributed by atoms with E-state index < -0.39 is 264 Å². The van der Waals surface area contributed by atoms with Crippen LogP contribution in [-0.2, 0) is 97.3 Å². The molecule has 47 heteroatoms. The van der Waals surface area contributed by atoms with Crippen LogP contribution in [0.25, 0.3) is 11.2 Å². The molecule has 140 heavy (non-hydrogen) atoms. The summed E-state index contributed by atoms with van der Waals surface area (Å²) in [6, 6.07) is 23.7. The summed E-state index contributed by atoms with van der Waals surface area (Å²) in [4.78, 5) is 252. The molecule has 3 aliphatic carbocycles. The van der Waals surface area contributed by atoms with Crippen LogP contribution in [0.15, 0.2) is 142 Å². The number of carbonyl (C=O) groups excluding carboxylic acids is 12. The summed E-state index contributed by atoms with van der Waals surface area (Å²) in [6.07, 6.45) is -13.1. The van der Waals surface area contributed by atoms with Crippen LogP contribution in [0.1, 0.15) is 174 Å². The van der Waals surface area contributed by atoms with Crippen molar-refractivity contribution in [3.63, 3.8) is 0 Å². The molecule has 17 atom stereocenters. The maximum atomic E-state index is 16.0. The molecule has 10 rings (SSSR count). The molecule has 5 amide bonds. The number of rotatable bonds is 46. The summed E-state index contributed by atoms with van der Waals surface area (Å²) in [6.45, 7) is 11.3. The summed E-state index contributed by atoms with van der Waals surface area (Å²) in [7, 11) is 2.30. The van der Waals surface area contributed by atoms with E-state index in [1.807, 2.05) is 0 Å². The molecular formula is C93H112N14O31S2. The molecule has 2 bridgehead atoms. The molecule has 2 saturated carbocycles. The van der Waals surface area contributed by atoms with Gasteiger partial charge in [0, 0.05) is 98.2 Å². The number of nitrogens with zero attached hydrogens (tertiary/aromatic N) is 4. The Labute approximate surface area is 808 Å². The number of aromatic nitrogens is 4. The number of benzene rings is 4. The quantitative estimate of drug-likeness (QED) is 0.00487. The highest BCUT2D eigenvalue weighted by Gasteiger charge is 2.78. The third-order valence-corrected chi connectivity index (χ3v) is 26.9. The van der Waals surface area contributed by atoms with Gasteiger partial charge in [0.1, 0.15) is 60.3 Å². The maximum absolute atomic E-state index is 16.0. The average Bonchev–Trinajstić information content (AvgIpc) is 0.665. The molecule has 2 aromatic heterocycles. The molecule has 1 saturated heterocycles. The number of aliphatic hydroxyl groups is 2. The lowest BCUT2D eigenvalue weighted by Crippen LogP contribution is -2.81. The Hall–Kier alpha value is -14.3. The first kappa shape index (κ1) is 109. The number of H-pyrrole nitrogens is 1. The number of carbonyl (C=O) groups is 17. The first-order chi connectivity index (χ1) is 66.1. The fourth-order valence-electron chi connectivity index (χ4n) is 17.8. The second-order valence-electron chi connectivity index (χ2n) is 34.8. The largest absolute Gasteiger partial charge is 0.508 e. The van der Waals surface area contributed by atoms with Gasteiger partial charge in [0.25, 0.3) is 17.4 Å². The predicted octanol–water partition coefficient (Wildman–Crippen LogP) is 4.06. The van der Waals surface area contributed by atoms with Crippen molar-refractivity contribution in [1.29, 1.82) is 0 Å². The Morgan fingerprint density at radius 3 is 1.86 bits per heavy atom. The zero-order chi connectivity index (χ0) is 103. The molecule has 6 aromatic rings. The van der Waals surface area contributed by atoms with Crippen molar-refractivity contribution in [3.8, 4) is 0 Å². The van der Waals surface area contributed by atoms with E-state index in [-0.39, 0.29) is 96.8 Å². The number of ether oxygens (including phenoxy) is 6. The number of nitrogens with two attached hydrogens (primary N) is 3. The number of Topliss-reactive ketones (excluding diaryl/α,β-unsaturated/α-hetero) is 3. The van der Waals surface area contributed by atoms with Crippen LogP contribution >= 0.6 is 21.6 Å². The number of hydrogen-bond acceptors (Lipinski definition) is 34. The third kappa shape index (κ3) is 28.0. The topological polar surface area (TPSA) is 721 Å². The van der Waals surface area contributed by atoms with Gasteiger partial charge in [0.2, 0.25) is 23.7 Å². The molecule has 1 unspecified atom stereocenters. The monoisotopic (exact) mass is 1980 g/mol. The number of fused-ring (bicyclic) bond motifs is 6. The van der Waals surface area contributed by atoms with Crippen molar-refractivity contribution in [2.45, 2.75) is 204 Å². The lowest BCUT2D eigenvalue weighted by Gasteiger charge is -2.67. The molecule has 4 aromatic carbocycles. The Morgan fingerprint density at radius 1 is 0.679 bits per heavy atom. The summed E-state index contributed by atoms with van der Waals surface area (Å²) in [5.74, 6) is -21.9. The van der Waals surface area contributed by atoms with Gasteiger partial charge in [-0.3, -0.25) is 72.3 Å². The molecule has 0 radical (unpaired) electrons. The molecule has 0 spiro atoms. The van der Waals surface area contributed by atoms with E-state index in [4.69, 9.17) is 50.7 Å². The van der Waals surface area contributed by atoms with Crippen molar-refractivity contribution in [1.82, 2.24) is 46.5 Å². The van der Waals surface area contributed by atoms with Gasteiger partial charge < -0.3 is 113 Å². The van der Waals surface area contributed by atoms with Crippen LogP contribution in [0, 0.1) is 34.5 Å². The minimum atomic E-state index is -2.34. The van der Waals surface area contributed by atoms with E-state index in [9.17, 15) is 112 Å². The predicted molar refractivity (Wildman–Crippen MR) is 498 cm³/mol. The Balaban J connectivity index is 0.000000317. The number of carboxylic acid groups (broad SMARTS) is 5. The van der Waals surface area contributed by atoms with Crippen molar-refractivity contribution in [2.24, 2.45) is 51.0 Å². The lowest BCUT2D eigenvalue weighted by molar-refractivity contribution is -0.345. The Morgan fingerprint density at radius 2 is 1.27 bits per heavy atom. The molecule has 45 nitrogen and oxygen atoms in total. The maximum Gasteiger partial charge on any atom is 0.508 e. The van der Waals surface area contributed by atoms with Crippen molar-refractivity contribution in [2.75, 3.05) is 42.3 Å². The zero-order valence-corrected chi connectivity index (χ0v) is 79.0. The lowest BCUT2D eigenvalue weighted by atomic mass is 9.43. The molecule has 4 aliphatic rings. The summed E-state index contributed by atoms with van der Waals surface area (Å²) >= 11 is 0. The van der Waals surface area contributed by atoms with Crippen LogP contribution in [-0.4, -0.2) is 260 Å². The number of nitrogen functional groups attached to an aromatic ring is 1. The minimum Gasteiger partial charge on any atom is -0.481 e. The first-order valence-electron chi connectivity index (χ1n) is 44.3. The number of aliphatic imine (C=N–C) groups is 1. The van der Waals surface area contributed by atoms with Gasteiger partial charge in [0.15, 0.2) is 34.6 Å². The minimum absolute atomic E-state index is 0.0153. The van der Waals surface area contributed by atoms with Crippen molar-refractivity contribution >= 4 is 151 Å². The number of carboxylic acids is 5. The van der Waals surface area contributed by atoms with E-state index in [1.54, 1.807) is 107 Å². The van der Waals surface area contributed by atoms with E-state index in [0.717, 1.165) is 17.7 Å². The van der Waals surface area contributed by atoms with Gasteiger partial charge >= 0.3 is 53.9 Å². The normalized spacial score (nSPS) is 21.5. The highest BCUT2D eigenvalue weighted by Crippen LogP contribution is 2.66. The summed E-state index contributed by atoms with van der Waals surface area (Å²) < 4.78 is 36.6. The molecule has 20 N–H and O–H groups in total. The molecule has 3 fully saturated rings. The molecule has 3 heterocycles. The number of aromatic amines is 1. The fourth-order valence-corrected chi connectivity index (χ4v) is 19.7. The van der Waals surface area contributed by atoms with Gasteiger partial charge in [-0.1, -0.05) is 109 Å². The van der Waals surface area contributed by atoms with Crippen LogP contribution in [0.5, 0.6) is 0 Å². The van der Waals surface area contributed by atoms with E-state index in [2.05, 4.69) is 56.8 Å². The second kappa shape index (κ2) is 48.8. The number of hydrogen-bond donors (Lipinski definition) is 17. The number of aliphatic hydroxyl groups excluding tert-OH is 1. The molecule has 1 aliphatic heterocycles. The smallest absolute Gasteiger partial charge is 0.481 e. The molecular weight excluding hydrogens is 1870 g/mol. The first-order valence-corrected chi connectivity index (χ1v) is 46.7. The number of esters is 3. The zero-order valence-electron chi connectivity index (χ0n) is 77.4. The van der Waals surface area contributed by atoms with Gasteiger partial charge in [-0.05, 0) is 105 Å². The summed E-state index contributed by atoms with van der Waals surface area (Å²) in [5.41, 5.74) is 10.4. The average molecular weight is 1990 g/mol. The number of anilines is 2. The number of amides is 5. The van der Waals surface area contributed by atoms with Crippen LogP contribution in [0.3, 0.4) is 0 Å². The highest BCUT2D eigenvalue weighted by atomic mass is 33.1. The Kier molecular flexibility index (Phi) is 38.1. The standard InChI is InChI=1S/C54H62N2O17S2.C39H50N12O14/c1-29-37(70-49(65)42(59)41(33-17-11-8-12-18-33)56-46(61)34-19-13-9-14-20-34)26-54(67)45(72-48(64)35-21-15-10-16-22-35)43-52(7,44(60)30(2)40(29)51(54,5)6)38(25-39-53(43,28-69-39)73-32(4)58)71-50(66)68-23-24-74-75-27-36(47(62)63)55-31(3)57;1-18(11-28(54)55)46-34(61)21(15-30(58)59)13-27(53)25(3-2-10-43-38(40)41)48-35(62)20(14-29(56)57)12-24(52)8-9-26(37(64)65)49-33(60)19-4-6-22(7-5-19)44-16-23-17-45-32-31(47-23)36(63)51-39(42)50-32/h8-22,30,36-39,41-43,45,59,67H,23-28H2,1-7H3,(H,55,57)(H,56,61)(H,62,63);4-7,17-18,20-21,25-26,44H,2-3,8-16H2,1H3,(H,46,61)(H,48,62)(H,49,60)(H,54,55)(H,56,57)(H,58,59)(H,64,65)(H4,40,41,43)(H3,42,45,50,51,63)/t30-,36+,37+,38+,39-,41+,42-,43?,45+,52-,53+,54-;18-,20+,21+,25+,26+/m11/s1. The van der Waals surface area contributed by atoms with Crippen LogP contribution < -0.4 is 54.7 Å². The second-order valence-corrected chi connectivity index (χ2v) is 37.4. The van der Waals surface area contributed by atoms with Crippen molar-refractivity contribution in [3.05, 3.63) is 171 Å². The Bertz CT molecular complexity index is 5740. The van der Waals surface area contributed by atoms with Crippen molar-refractivity contribution < 1.29 is 146 Å². The summed E-state index contributed by atoms with van der Waals surface area (Å²) in [5, 5.41) is 88.3. The third-order valence-electron chi connectivity index (χ3n) is 24.6. The number of ketones is 3. The SMILES string of the molecule is CC(=O)N[C@@H](CSSCCOC(=O)O[C@H]1C[C@H]2OC[C@@]2(OC(C)=O)C2[C@H](OC(=O)c3ccccc3)[C@]3(O)C[C@H](OC(=O)[C@H](O)[C@@H](NC(=O)c4ccccc4)c4ccccc4)C(C)=C([C@@H](C)C(=O)[C@@]21C)C3(C)C)C(=O)O.C[C@H](CC(=O)O)NC(=O)[C@H](CC(=O)O)CC(=O)[C@H](CCCN=C(N)N)NC(=O)[C@H](CC(=O)O)CC(=O)CC[C@H](NC(=O)c1ccc(NCc2cnc3nc(N)[nH]c(=O)c3n2)cc1)C(=O)O. The van der Waals surface area contributed by atoms with Gasteiger partial charge in [-0.2, -0.15) is 4.98 Å². The van der Waals surface area contributed by atoms with E-state index in [0.29, 0.717) is 28.1 Å². The number of aliphatic carboxylic acids is 5. The van der Waals surface area contributed by atoms with E-state index in [1.165, 1.54) is 74.2 Å². The van der Waals surface area contributed by atoms with Crippen LogP contribution in [0.4, 0.5) is 16.4 Å². The number of guanidine groups is 1. The van der Waals surface area contributed by atoms with Gasteiger partial charge in [0.05, 0.1) is 85.1 Å². The van der Waals surface area contributed by atoms with Gasteiger partial charge in [-0.25, -0.2) is 33.9 Å². The highest BCUT2D eigenvalue weighted by molar-refractivity contribution is 8.76. The number of nitrogens with one attached hydrogen (secondary N) is 7. The van der Waals surface area contributed by atoms with Crippen LogP contribution in [0.2, 0.25) is 0 Å². The van der Waals surface area contributed by atoms with E-state index >= 15 is 4.79 Å². The van der Waals surface area contributed by atoms with Gasteiger partial charge in [-0.15, -0.1) is 0 Å².